The molecule has 0 saturated heterocycles. The van der Waals surface area contributed by atoms with Crippen molar-refractivity contribution in [3.05, 3.63) is 84.4 Å². The number of Topliss-reactive ketones (excluding diaryl/α,β-unsaturated/α-hetero) is 1. The highest BCUT2D eigenvalue weighted by Gasteiger charge is 2.14. The topological polar surface area (TPSA) is 63.2 Å². The number of rotatable bonds is 5. The van der Waals surface area contributed by atoms with Crippen molar-refractivity contribution in [1.82, 2.24) is 0 Å². The Kier molecular flexibility index (Phi) is 4.67. The van der Waals surface area contributed by atoms with E-state index in [0.29, 0.717) is 11.3 Å². The van der Waals surface area contributed by atoms with Gasteiger partial charge in [-0.15, -0.1) is 0 Å². The molecule has 0 aliphatic carbocycles. The maximum atomic E-state index is 12.4. The number of anilines is 1. The third kappa shape index (κ3) is 3.95. The average molecular weight is 351 g/mol. The molecule has 4 nitrogen and oxygen atoms in total. The van der Waals surface area contributed by atoms with Crippen LogP contribution in [0.25, 0.3) is 11.1 Å². The van der Waals surface area contributed by atoms with E-state index in [4.69, 9.17) is 0 Å². The van der Waals surface area contributed by atoms with E-state index in [1.54, 1.807) is 12.1 Å². The van der Waals surface area contributed by atoms with Crippen LogP contribution in [0, 0.1) is 0 Å². The van der Waals surface area contributed by atoms with Gasteiger partial charge in [-0.2, -0.15) is 0 Å². The third-order valence-corrected chi connectivity index (χ3v) is 5.21. The lowest BCUT2D eigenvalue weighted by atomic mass is 10.1. The molecular weight excluding hydrogens is 334 g/mol. The molecule has 3 aromatic rings. The van der Waals surface area contributed by atoms with Gasteiger partial charge in [0.25, 0.3) is 10.0 Å². The second kappa shape index (κ2) is 6.91. The van der Waals surface area contributed by atoms with Gasteiger partial charge in [-0.1, -0.05) is 54.6 Å². The Morgan fingerprint density at radius 2 is 1.32 bits per heavy atom. The third-order valence-electron chi connectivity index (χ3n) is 3.82. The molecule has 0 amide bonds. The molecular formula is C20H17NO3S. The number of carbonyl (C=O) groups excluding carboxylic acids is 1. The van der Waals surface area contributed by atoms with E-state index < -0.39 is 10.0 Å². The first kappa shape index (κ1) is 16.9. The Hall–Kier alpha value is -2.92. The Balaban J connectivity index is 1.80. The molecule has 0 bridgehead atoms. The van der Waals surface area contributed by atoms with Gasteiger partial charge in [0, 0.05) is 11.3 Å². The second-order valence-corrected chi connectivity index (χ2v) is 7.31. The van der Waals surface area contributed by atoms with Crippen molar-refractivity contribution in [3.8, 4) is 11.1 Å². The van der Waals surface area contributed by atoms with E-state index in [-0.39, 0.29) is 10.7 Å². The summed E-state index contributed by atoms with van der Waals surface area (Å²) in [6.07, 6.45) is 0. The molecule has 0 atom stereocenters. The summed E-state index contributed by atoms with van der Waals surface area (Å²) < 4.78 is 27.4. The number of carbonyl (C=O) groups is 1. The summed E-state index contributed by atoms with van der Waals surface area (Å²) in [5.74, 6) is -0.103. The van der Waals surface area contributed by atoms with Crippen LogP contribution in [0.1, 0.15) is 17.3 Å². The molecule has 5 heteroatoms. The molecule has 0 aromatic heterocycles. The summed E-state index contributed by atoms with van der Waals surface area (Å²) in [6.45, 7) is 1.44. The highest BCUT2D eigenvalue weighted by Crippen LogP contribution is 2.23. The fourth-order valence-corrected chi connectivity index (χ4v) is 3.50. The van der Waals surface area contributed by atoms with Crippen LogP contribution in [0.2, 0.25) is 0 Å². The van der Waals surface area contributed by atoms with Gasteiger partial charge in [-0.3, -0.25) is 9.52 Å². The van der Waals surface area contributed by atoms with Gasteiger partial charge < -0.3 is 0 Å². The van der Waals surface area contributed by atoms with Gasteiger partial charge >= 0.3 is 0 Å². The van der Waals surface area contributed by atoms with Crippen molar-refractivity contribution in [2.45, 2.75) is 11.8 Å². The minimum atomic E-state index is -3.69. The molecule has 0 radical (unpaired) electrons. The lowest BCUT2D eigenvalue weighted by Crippen LogP contribution is -2.13. The highest BCUT2D eigenvalue weighted by molar-refractivity contribution is 7.92. The monoisotopic (exact) mass is 351 g/mol. The SMILES string of the molecule is CC(=O)c1ccc(S(=O)(=O)Nc2ccc(-c3ccccc3)cc2)cc1. The van der Waals surface area contributed by atoms with E-state index in [0.717, 1.165) is 11.1 Å². The number of hydrogen-bond donors (Lipinski definition) is 1. The van der Waals surface area contributed by atoms with E-state index >= 15 is 0 Å². The van der Waals surface area contributed by atoms with Crippen molar-refractivity contribution >= 4 is 21.5 Å². The Bertz CT molecular complexity index is 977. The molecule has 0 unspecified atom stereocenters. The van der Waals surface area contributed by atoms with Crippen molar-refractivity contribution in [1.29, 1.82) is 0 Å². The van der Waals surface area contributed by atoms with Crippen LogP contribution in [0.3, 0.4) is 0 Å². The first-order chi connectivity index (χ1) is 12.0. The van der Waals surface area contributed by atoms with Crippen molar-refractivity contribution in [2.75, 3.05) is 4.72 Å². The number of hydrogen-bond acceptors (Lipinski definition) is 3. The minimum Gasteiger partial charge on any atom is -0.295 e. The van der Waals surface area contributed by atoms with Crippen molar-refractivity contribution < 1.29 is 13.2 Å². The molecule has 0 spiro atoms. The molecule has 0 aliphatic heterocycles. The van der Waals surface area contributed by atoms with Crippen LogP contribution in [-0.4, -0.2) is 14.2 Å². The minimum absolute atomic E-state index is 0.103. The van der Waals surface area contributed by atoms with Crippen LogP contribution in [-0.2, 0) is 10.0 Å². The van der Waals surface area contributed by atoms with Gasteiger partial charge in [0.2, 0.25) is 0 Å². The smallest absolute Gasteiger partial charge is 0.261 e. The van der Waals surface area contributed by atoms with Gasteiger partial charge in [0.05, 0.1) is 4.90 Å². The highest BCUT2D eigenvalue weighted by atomic mass is 32.2. The van der Waals surface area contributed by atoms with Gasteiger partial charge in [0.1, 0.15) is 0 Å². The second-order valence-electron chi connectivity index (χ2n) is 5.63. The Morgan fingerprint density at radius 1 is 0.760 bits per heavy atom. The first-order valence-electron chi connectivity index (χ1n) is 7.75. The zero-order valence-corrected chi connectivity index (χ0v) is 14.5. The average Bonchev–Trinajstić information content (AvgIpc) is 2.63. The Morgan fingerprint density at radius 3 is 1.88 bits per heavy atom. The quantitative estimate of drug-likeness (QED) is 0.695. The standard InChI is InChI=1S/C20H17NO3S/c1-15(22)16-9-13-20(14-10-16)25(23,24)21-19-11-7-18(8-12-19)17-5-3-2-4-6-17/h2-14,21H,1H3. The number of benzene rings is 3. The fourth-order valence-electron chi connectivity index (χ4n) is 2.44. The summed E-state index contributed by atoms with van der Waals surface area (Å²) in [7, 11) is -3.69. The zero-order chi connectivity index (χ0) is 17.9. The predicted molar refractivity (Wildman–Crippen MR) is 99.1 cm³/mol. The molecule has 3 rings (SSSR count). The first-order valence-corrected chi connectivity index (χ1v) is 9.23. The number of ketones is 1. The number of sulfonamides is 1. The van der Waals surface area contributed by atoms with Gasteiger partial charge in [-0.25, -0.2) is 8.42 Å². The predicted octanol–water partition coefficient (Wildman–Crippen LogP) is 4.36. The van der Waals surface area contributed by atoms with Crippen LogP contribution in [0.5, 0.6) is 0 Å². The summed E-state index contributed by atoms with van der Waals surface area (Å²) in [5, 5.41) is 0. The lowest BCUT2D eigenvalue weighted by Gasteiger charge is -2.09. The fraction of sp³-hybridized carbons (Fsp3) is 0.0500. The van der Waals surface area contributed by atoms with Crippen molar-refractivity contribution in [2.24, 2.45) is 0 Å². The maximum Gasteiger partial charge on any atom is 0.261 e. The van der Waals surface area contributed by atoms with Crippen LogP contribution in [0.4, 0.5) is 5.69 Å². The molecule has 3 aromatic carbocycles. The van der Waals surface area contributed by atoms with Crippen molar-refractivity contribution in [3.63, 3.8) is 0 Å². The molecule has 0 aliphatic rings. The van der Waals surface area contributed by atoms with E-state index in [9.17, 15) is 13.2 Å². The molecule has 1 N–H and O–H groups in total. The molecule has 25 heavy (non-hydrogen) atoms. The lowest BCUT2D eigenvalue weighted by molar-refractivity contribution is 0.101. The van der Waals surface area contributed by atoms with Gasteiger partial charge in [0.15, 0.2) is 5.78 Å². The van der Waals surface area contributed by atoms with Crippen LogP contribution < -0.4 is 4.72 Å². The summed E-state index contributed by atoms with van der Waals surface area (Å²) in [4.78, 5) is 11.4. The number of nitrogens with one attached hydrogen (secondary N) is 1. The summed E-state index contributed by atoms with van der Waals surface area (Å²) in [6, 6.07) is 22.9. The Labute approximate surface area is 147 Å². The maximum absolute atomic E-state index is 12.4. The zero-order valence-electron chi connectivity index (χ0n) is 13.6. The van der Waals surface area contributed by atoms with E-state index in [2.05, 4.69) is 4.72 Å². The molecule has 126 valence electrons. The van der Waals surface area contributed by atoms with Gasteiger partial charge in [-0.05, 0) is 42.3 Å². The van der Waals surface area contributed by atoms with Crippen LogP contribution in [0.15, 0.2) is 83.8 Å². The molecule has 0 heterocycles. The molecule has 0 fully saturated rings. The summed E-state index contributed by atoms with van der Waals surface area (Å²) in [5.41, 5.74) is 3.03. The largest absolute Gasteiger partial charge is 0.295 e. The van der Waals surface area contributed by atoms with Crippen LogP contribution >= 0.6 is 0 Å². The summed E-state index contributed by atoms with van der Waals surface area (Å²) >= 11 is 0. The van der Waals surface area contributed by atoms with E-state index in [1.165, 1.54) is 31.2 Å². The molecule has 0 saturated carbocycles. The van der Waals surface area contributed by atoms with E-state index in [1.807, 2.05) is 42.5 Å². The normalized spacial score (nSPS) is 11.1.